The summed E-state index contributed by atoms with van der Waals surface area (Å²) in [6.45, 7) is 4.93. The Bertz CT molecular complexity index is 992. The number of morpholine rings is 1. The number of rotatable bonds is 8. The molecule has 1 aliphatic heterocycles. The Balaban J connectivity index is 1.70. The average Bonchev–Trinajstić information content (AvgIpc) is 2.74. The summed E-state index contributed by atoms with van der Waals surface area (Å²) in [4.78, 5) is 36.9. The molecule has 170 valence electrons. The third-order valence-electron chi connectivity index (χ3n) is 4.88. The molecule has 1 saturated heterocycles. The molecule has 3 rings (SSSR count). The number of carbonyl (C=O) groups is 2. The molecule has 0 bridgehead atoms. The quantitative estimate of drug-likeness (QED) is 0.364. The number of anilines is 3. The largest absolute Gasteiger partial charge is 0.481 e. The van der Waals surface area contributed by atoms with Gasteiger partial charge in [-0.3, -0.25) is 19.7 Å². The lowest BCUT2D eigenvalue weighted by atomic mass is 10.0. The first-order valence-electron chi connectivity index (χ1n) is 10.2. The van der Waals surface area contributed by atoms with Crippen molar-refractivity contribution in [3.63, 3.8) is 0 Å². The van der Waals surface area contributed by atoms with E-state index in [1.165, 1.54) is 18.2 Å². The zero-order valence-electron chi connectivity index (χ0n) is 17.9. The van der Waals surface area contributed by atoms with Gasteiger partial charge in [0.15, 0.2) is 6.10 Å². The van der Waals surface area contributed by atoms with Gasteiger partial charge < -0.3 is 25.4 Å². The number of hydrogen-bond donors (Lipinski definition) is 2. The standard InChI is InChI=1S/C22H26N4O6/c1-14(2)11-20(32-17-7-8-19(26(29)30)18(23)12-17)22(28)24-15-3-5-16(6-4-15)25-9-10-31-13-21(25)27/h3-8,12,14,20H,9-11,13,23H2,1-2H3,(H,24,28). The Morgan fingerprint density at radius 3 is 2.59 bits per heavy atom. The lowest BCUT2D eigenvalue weighted by molar-refractivity contribution is -0.383. The molecule has 2 aromatic carbocycles. The number of nitro benzene ring substituents is 1. The van der Waals surface area contributed by atoms with Gasteiger partial charge in [0.1, 0.15) is 18.0 Å². The van der Waals surface area contributed by atoms with Crippen LogP contribution in [0.4, 0.5) is 22.7 Å². The number of nitrogen functional groups attached to an aromatic ring is 1. The number of carbonyl (C=O) groups excluding carboxylic acids is 2. The number of amides is 2. The third-order valence-corrected chi connectivity index (χ3v) is 4.88. The number of nitro groups is 1. The summed E-state index contributed by atoms with van der Waals surface area (Å²) in [6.07, 6.45) is -0.389. The molecule has 1 fully saturated rings. The van der Waals surface area contributed by atoms with Crippen LogP contribution in [0, 0.1) is 16.0 Å². The minimum atomic E-state index is -0.823. The lowest BCUT2D eigenvalue weighted by Gasteiger charge is -2.27. The molecule has 0 spiro atoms. The summed E-state index contributed by atoms with van der Waals surface area (Å²) in [6, 6.07) is 11.0. The fraction of sp³-hybridized carbons (Fsp3) is 0.364. The van der Waals surface area contributed by atoms with Crippen LogP contribution in [0.5, 0.6) is 5.75 Å². The molecule has 10 nitrogen and oxygen atoms in total. The lowest BCUT2D eigenvalue weighted by Crippen LogP contribution is -2.41. The van der Waals surface area contributed by atoms with E-state index < -0.39 is 11.0 Å². The van der Waals surface area contributed by atoms with E-state index >= 15 is 0 Å². The maximum absolute atomic E-state index is 12.9. The van der Waals surface area contributed by atoms with E-state index in [-0.39, 0.29) is 41.5 Å². The molecule has 3 N–H and O–H groups in total. The number of nitrogens with two attached hydrogens (primary N) is 1. The van der Waals surface area contributed by atoms with Crippen LogP contribution in [-0.2, 0) is 14.3 Å². The summed E-state index contributed by atoms with van der Waals surface area (Å²) in [7, 11) is 0. The summed E-state index contributed by atoms with van der Waals surface area (Å²) in [5, 5.41) is 13.8. The van der Waals surface area contributed by atoms with E-state index in [9.17, 15) is 19.7 Å². The Hall–Kier alpha value is -3.66. The Morgan fingerprint density at radius 1 is 1.28 bits per heavy atom. The molecule has 10 heteroatoms. The maximum atomic E-state index is 12.9. The van der Waals surface area contributed by atoms with Crippen molar-refractivity contribution in [3.05, 3.63) is 52.6 Å². The van der Waals surface area contributed by atoms with E-state index in [0.29, 0.717) is 25.3 Å². The third kappa shape index (κ3) is 5.73. The van der Waals surface area contributed by atoms with Gasteiger partial charge >= 0.3 is 0 Å². The first-order chi connectivity index (χ1) is 15.2. The molecular weight excluding hydrogens is 416 g/mol. The molecule has 1 atom stereocenters. The second-order valence-corrected chi connectivity index (χ2v) is 7.85. The highest BCUT2D eigenvalue weighted by atomic mass is 16.6. The zero-order chi connectivity index (χ0) is 23.3. The fourth-order valence-corrected chi connectivity index (χ4v) is 3.31. The van der Waals surface area contributed by atoms with E-state index in [1.807, 2.05) is 13.8 Å². The molecule has 32 heavy (non-hydrogen) atoms. The van der Waals surface area contributed by atoms with Gasteiger partial charge in [0.25, 0.3) is 17.5 Å². The summed E-state index contributed by atoms with van der Waals surface area (Å²) >= 11 is 0. The Labute approximate surface area is 185 Å². The van der Waals surface area contributed by atoms with Crippen molar-refractivity contribution in [1.29, 1.82) is 0 Å². The molecule has 2 amide bonds. The number of nitrogens with one attached hydrogen (secondary N) is 1. The highest BCUT2D eigenvalue weighted by Gasteiger charge is 2.24. The molecule has 0 radical (unpaired) electrons. The molecule has 1 unspecified atom stereocenters. The maximum Gasteiger partial charge on any atom is 0.292 e. The molecule has 0 aliphatic carbocycles. The van der Waals surface area contributed by atoms with E-state index in [0.717, 1.165) is 5.69 Å². The van der Waals surface area contributed by atoms with Gasteiger partial charge in [-0.25, -0.2) is 0 Å². The molecule has 0 aromatic heterocycles. The SMILES string of the molecule is CC(C)CC(Oc1ccc([N+](=O)[O-])c(N)c1)C(=O)Nc1ccc(N2CCOCC2=O)cc1. The van der Waals surface area contributed by atoms with Crippen LogP contribution < -0.4 is 20.7 Å². The fourth-order valence-electron chi connectivity index (χ4n) is 3.31. The van der Waals surface area contributed by atoms with Gasteiger partial charge in [-0.2, -0.15) is 0 Å². The monoisotopic (exact) mass is 442 g/mol. The van der Waals surface area contributed by atoms with Crippen LogP contribution >= 0.6 is 0 Å². The second kappa shape index (κ2) is 10.1. The van der Waals surface area contributed by atoms with E-state index in [2.05, 4.69) is 5.32 Å². The van der Waals surface area contributed by atoms with Crippen molar-refractivity contribution in [3.8, 4) is 5.75 Å². The van der Waals surface area contributed by atoms with E-state index in [1.54, 1.807) is 29.2 Å². The van der Waals surface area contributed by atoms with Crippen molar-refractivity contribution in [2.75, 3.05) is 35.7 Å². The van der Waals surface area contributed by atoms with Gasteiger partial charge in [0.2, 0.25) is 0 Å². The molecular formula is C22H26N4O6. The smallest absolute Gasteiger partial charge is 0.292 e. The van der Waals surface area contributed by atoms with Crippen LogP contribution in [0.2, 0.25) is 0 Å². The molecule has 1 aliphatic rings. The minimum absolute atomic E-state index is 0.0375. The minimum Gasteiger partial charge on any atom is -0.481 e. The Morgan fingerprint density at radius 2 is 2.00 bits per heavy atom. The summed E-state index contributed by atoms with van der Waals surface area (Å²) < 4.78 is 11.0. The van der Waals surface area contributed by atoms with Gasteiger partial charge in [0, 0.05) is 30.1 Å². The summed E-state index contributed by atoms with van der Waals surface area (Å²) in [5.41, 5.74) is 6.75. The molecule has 0 saturated carbocycles. The first-order valence-corrected chi connectivity index (χ1v) is 10.2. The normalized spacial score (nSPS) is 14.8. The topological polar surface area (TPSA) is 137 Å². The summed E-state index contributed by atoms with van der Waals surface area (Å²) in [5.74, 6) is -0.0300. The number of hydrogen-bond acceptors (Lipinski definition) is 7. The predicted octanol–water partition coefficient (Wildman–Crippen LogP) is 2.97. The predicted molar refractivity (Wildman–Crippen MR) is 120 cm³/mol. The number of nitrogens with zero attached hydrogens (tertiary/aromatic N) is 2. The van der Waals surface area contributed by atoms with E-state index in [4.69, 9.17) is 15.2 Å². The van der Waals surface area contributed by atoms with Crippen LogP contribution in [-0.4, -0.2) is 42.6 Å². The highest BCUT2D eigenvalue weighted by Crippen LogP contribution is 2.28. The van der Waals surface area contributed by atoms with Crippen molar-refractivity contribution in [2.45, 2.75) is 26.4 Å². The van der Waals surface area contributed by atoms with Gasteiger partial charge in [0.05, 0.1) is 11.5 Å². The van der Waals surface area contributed by atoms with Gasteiger partial charge in [-0.1, -0.05) is 13.8 Å². The zero-order valence-corrected chi connectivity index (χ0v) is 17.9. The van der Waals surface area contributed by atoms with Crippen LogP contribution in [0.25, 0.3) is 0 Å². The van der Waals surface area contributed by atoms with Crippen LogP contribution in [0.15, 0.2) is 42.5 Å². The number of benzene rings is 2. The van der Waals surface area contributed by atoms with Gasteiger partial charge in [-0.15, -0.1) is 0 Å². The number of ether oxygens (including phenoxy) is 2. The van der Waals surface area contributed by atoms with Crippen molar-refractivity contribution < 1.29 is 24.0 Å². The van der Waals surface area contributed by atoms with Crippen LogP contribution in [0.1, 0.15) is 20.3 Å². The first kappa shape index (κ1) is 23.0. The Kier molecular flexibility index (Phi) is 7.26. The molecule has 2 aromatic rings. The second-order valence-electron chi connectivity index (χ2n) is 7.85. The van der Waals surface area contributed by atoms with Gasteiger partial charge in [-0.05, 0) is 42.7 Å². The average molecular weight is 442 g/mol. The van der Waals surface area contributed by atoms with Crippen molar-refractivity contribution >= 4 is 34.6 Å². The van der Waals surface area contributed by atoms with Crippen molar-refractivity contribution in [2.24, 2.45) is 5.92 Å². The van der Waals surface area contributed by atoms with Crippen molar-refractivity contribution in [1.82, 2.24) is 0 Å². The highest BCUT2D eigenvalue weighted by molar-refractivity contribution is 5.96. The molecule has 1 heterocycles. The van der Waals surface area contributed by atoms with Crippen LogP contribution in [0.3, 0.4) is 0 Å².